The fourth-order valence-electron chi connectivity index (χ4n) is 7.88. The summed E-state index contributed by atoms with van der Waals surface area (Å²) >= 11 is 0. The molecule has 10 aromatic rings. The number of rotatable bonds is 4. The molecule has 0 aliphatic rings. The molecule has 9 aromatic carbocycles. The summed E-state index contributed by atoms with van der Waals surface area (Å²) in [6.07, 6.45) is 0. The van der Waals surface area contributed by atoms with Gasteiger partial charge in [0.1, 0.15) is 11.2 Å². The van der Waals surface area contributed by atoms with E-state index in [9.17, 15) is 0 Å². The quantitative estimate of drug-likeness (QED) is 0.178. The summed E-state index contributed by atoms with van der Waals surface area (Å²) < 4.78 is 6.36. The second-order valence-corrected chi connectivity index (χ2v) is 12.8. The molecule has 49 heavy (non-hydrogen) atoms. The van der Waals surface area contributed by atoms with Gasteiger partial charge in [0.2, 0.25) is 0 Å². The first kappa shape index (κ1) is 27.7. The molecule has 0 atom stereocenters. The molecule has 0 aliphatic heterocycles. The Morgan fingerprint density at radius 1 is 0.265 bits per heavy atom. The molecule has 1 heterocycles. The molecule has 0 unspecified atom stereocenters. The van der Waals surface area contributed by atoms with Crippen LogP contribution in [0.15, 0.2) is 186 Å². The minimum atomic E-state index is 0.910. The highest BCUT2D eigenvalue weighted by Gasteiger charge is 2.19. The van der Waals surface area contributed by atoms with E-state index in [1.165, 1.54) is 71.3 Å². The Bertz CT molecular complexity index is 2800. The zero-order valence-corrected chi connectivity index (χ0v) is 26.7. The first-order valence-electron chi connectivity index (χ1n) is 16.8. The molecule has 0 radical (unpaired) electrons. The predicted octanol–water partition coefficient (Wildman–Crippen LogP) is 13.7. The van der Waals surface area contributed by atoms with Crippen molar-refractivity contribution in [2.75, 3.05) is 0 Å². The zero-order chi connectivity index (χ0) is 32.3. The van der Waals surface area contributed by atoms with Gasteiger partial charge < -0.3 is 4.42 Å². The summed E-state index contributed by atoms with van der Waals surface area (Å²) in [6, 6.07) is 65.8. The molecule has 10 rings (SSSR count). The van der Waals surface area contributed by atoms with Crippen LogP contribution in [0.5, 0.6) is 0 Å². The number of para-hydroxylation sites is 1. The second kappa shape index (κ2) is 11.1. The standard InChI is InChI=1S/C48H30O/c1-3-13-31(14-4-1)36-27-25-32-23-24-34(29-43(32)46(36)33-15-5-2-6-16-33)47-39-18-7-9-20-41(39)48(42-21-10-8-19-40(42)47)35-26-28-38-37-17-11-12-22-44(37)49-45(38)30-35/h1-30H. The van der Waals surface area contributed by atoms with Crippen LogP contribution >= 0.6 is 0 Å². The number of fused-ring (bicyclic) bond motifs is 6. The van der Waals surface area contributed by atoms with Crippen molar-refractivity contribution >= 4 is 54.3 Å². The Labute approximate surface area is 284 Å². The van der Waals surface area contributed by atoms with Gasteiger partial charge in [0.15, 0.2) is 0 Å². The van der Waals surface area contributed by atoms with Crippen molar-refractivity contribution in [1.82, 2.24) is 0 Å². The van der Waals surface area contributed by atoms with Crippen LogP contribution in [-0.2, 0) is 0 Å². The van der Waals surface area contributed by atoms with Crippen LogP contribution in [0.2, 0.25) is 0 Å². The Balaban J connectivity index is 1.26. The van der Waals surface area contributed by atoms with Crippen LogP contribution in [-0.4, -0.2) is 0 Å². The predicted molar refractivity (Wildman–Crippen MR) is 208 cm³/mol. The van der Waals surface area contributed by atoms with Crippen molar-refractivity contribution in [2.45, 2.75) is 0 Å². The molecule has 0 fully saturated rings. The third kappa shape index (κ3) is 4.40. The molecule has 228 valence electrons. The van der Waals surface area contributed by atoms with Gasteiger partial charge in [0.25, 0.3) is 0 Å². The lowest BCUT2D eigenvalue weighted by atomic mass is 9.84. The van der Waals surface area contributed by atoms with Crippen molar-refractivity contribution in [3.05, 3.63) is 182 Å². The van der Waals surface area contributed by atoms with Gasteiger partial charge in [-0.25, -0.2) is 0 Å². The van der Waals surface area contributed by atoms with Gasteiger partial charge in [0.05, 0.1) is 0 Å². The van der Waals surface area contributed by atoms with E-state index in [2.05, 4.69) is 170 Å². The lowest BCUT2D eigenvalue weighted by molar-refractivity contribution is 0.669. The Kier molecular flexibility index (Phi) is 6.25. The Hall–Kier alpha value is -6.44. The maximum Gasteiger partial charge on any atom is 0.136 e. The summed E-state index contributed by atoms with van der Waals surface area (Å²) in [7, 11) is 0. The van der Waals surface area contributed by atoms with E-state index in [4.69, 9.17) is 4.42 Å². The van der Waals surface area contributed by atoms with Crippen LogP contribution in [0.1, 0.15) is 0 Å². The van der Waals surface area contributed by atoms with Crippen molar-refractivity contribution < 1.29 is 4.42 Å². The Morgan fingerprint density at radius 2 is 0.755 bits per heavy atom. The molecule has 1 heteroatoms. The van der Waals surface area contributed by atoms with Crippen LogP contribution < -0.4 is 0 Å². The summed E-state index contributed by atoms with van der Waals surface area (Å²) in [5.74, 6) is 0. The molecule has 0 saturated carbocycles. The zero-order valence-electron chi connectivity index (χ0n) is 26.7. The minimum Gasteiger partial charge on any atom is -0.456 e. The van der Waals surface area contributed by atoms with Gasteiger partial charge in [-0.1, -0.05) is 158 Å². The van der Waals surface area contributed by atoms with Crippen LogP contribution in [0, 0.1) is 0 Å². The molecule has 0 amide bonds. The smallest absolute Gasteiger partial charge is 0.136 e. The molecule has 0 spiro atoms. The van der Waals surface area contributed by atoms with Gasteiger partial charge >= 0.3 is 0 Å². The van der Waals surface area contributed by atoms with E-state index >= 15 is 0 Å². The molecule has 0 N–H and O–H groups in total. The maximum absolute atomic E-state index is 6.36. The van der Waals surface area contributed by atoms with E-state index in [1.54, 1.807) is 0 Å². The monoisotopic (exact) mass is 622 g/mol. The highest BCUT2D eigenvalue weighted by molar-refractivity contribution is 6.22. The fourth-order valence-corrected chi connectivity index (χ4v) is 7.88. The van der Waals surface area contributed by atoms with E-state index in [1.807, 2.05) is 12.1 Å². The average Bonchev–Trinajstić information content (AvgIpc) is 3.55. The van der Waals surface area contributed by atoms with E-state index in [-0.39, 0.29) is 0 Å². The number of hydrogen-bond donors (Lipinski definition) is 0. The third-order valence-corrected chi connectivity index (χ3v) is 10.1. The molecular weight excluding hydrogens is 593 g/mol. The average molecular weight is 623 g/mol. The molecular formula is C48H30O. The SMILES string of the molecule is c1ccc(-c2ccc3ccc(-c4c5ccccc5c(-c5ccc6c(c5)oc5ccccc56)c5ccccc45)cc3c2-c2ccccc2)cc1. The molecule has 0 aliphatic carbocycles. The lowest BCUT2D eigenvalue weighted by Crippen LogP contribution is -1.92. The van der Waals surface area contributed by atoms with Crippen molar-refractivity contribution in [3.63, 3.8) is 0 Å². The van der Waals surface area contributed by atoms with Crippen molar-refractivity contribution in [1.29, 1.82) is 0 Å². The number of furan rings is 1. The summed E-state index contributed by atoms with van der Waals surface area (Å²) in [4.78, 5) is 0. The fraction of sp³-hybridized carbons (Fsp3) is 0. The molecule has 1 aromatic heterocycles. The van der Waals surface area contributed by atoms with Gasteiger partial charge in [-0.15, -0.1) is 0 Å². The number of hydrogen-bond acceptors (Lipinski definition) is 1. The van der Waals surface area contributed by atoms with Crippen LogP contribution in [0.4, 0.5) is 0 Å². The largest absolute Gasteiger partial charge is 0.456 e. The van der Waals surface area contributed by atoms with Gasteiger partial charge in [-0.3, -0.25) is 0 Å². The highest BCUT2D eigenvalue weighted by atomic mass is 16.3. The van der Waals surface area contributed by atoms with Crippen molar-refractivity contribution in [3.8, 4) is 44.5 Å². The van der Waals surface area contributed by atoms with Gasteiger partial charge in [-0.2, -0.15) is 0 Å². The normalized spacial score (nSPS) is 11.7. The molecule has 0 bridgehead atoms. The first-order valence-corrected chi connectivity index (χ1v) is 16.8. The van der Waals surface area contributed by atoms with Crippen molar-refractivity contribution in [2.24, 2.45) is 0 Å². The van der Waals surface area contributed by atoms with Crippen LogP contribution in [0.25, 0.3) is 98.8 Å². The van der Waals surface area contributed by atoms with E-state index < -0.39 is 0 Å². The van der Waals surface area contributed by atoms with Gasteiger partial charge in [0, 0.05) is 10.8 Å². The maximum atomic E-state index is 6.36. The molecule has 1 nitrogen and oxygen atoms in total. The first-order chi connectivity index (χ1) is 24.3. The second-order valence-electron chi connectivity index (χ2n) is 12.8. The van der Waals surface area contributed by atoms with Crippen LogP contribution in [0.3, 0.4) is 0 Å². The summed E-state index contributed by atoms with van der Waals surface area (Å²) in [6.45, 7) is 0. The van der Waals surface area contributed by atoms with Gasteiger partial charge in [-0.05, 0) is 101 Å². The summed E-state index contributed by atoms with van der Waals surface area (Å²) in [5, 5.41) is 9.70. The van der Waals surface area contributed by atoms with E-state index in [0.717, 1.165) is 27.5 Å². The Morgan fingerprint density at radius 3 is 1.41 bits per heavy atom. The number of benzene rings is 9. The molecule has 0 saturated heterocycles. The summed E-state index contributed by atoms with van der Waals surface area (Å²) in [5.41, 5.74) is 11.6. The topological polar surface area (TPSA) is 13.1 Å². The van der Waals surface area contributed by atoms with E-state index in [0.29, 0.717) is 0 Å². The minimum absolute atomic E-state index is 0.910. The highest BCUT2D eigenvalue weighted by Crippen LogP contribution is 2.46. The third-order valence-electron chi connectivity index (χ3n) is 10.1. The lowest BCUT2D eigenvalue weighted by Gasteiger charge is -2.19.